The van der Waals surface area contributed by atoms with E-state index in [0.717, 1.165) is 16.9 Å². The van der Waals surface area contributed by atoms with Crippen molar-refractivity contribution in [2.45, 2.75) is 6.54 Å². The predicted octanol–water partition coefficient (Wildman–Crippen LogP) is 2.28. The second-order valence-corrected chi connectivity index (χ2v) is 4.43. The van der Waals surface area contributed by atoms with Crippen LogP contribution in [-0.4, -0.2) is 27.1 Å². The van der Waals surface area contributed by atoms with Gasteiger partial charge in [-0.05, 0) is 29.8 Å². The summed E-state index contributed by atoms with van der Waals surface area (Å²) in [5.74, 6) is 0.620. The predicted molar refractivity (Wildman–Crippen MR) is 79.5 cm³/mol. The van der Waals surface area contributed by atoms with Crippen LogP contribution < -0.4 is 10.1 Å². The fourth-order valence-corrected chi connectivity index (χ4v) is 1.90. The molecular formula is C15H15N5O. The maximum absolute atomic E-state index is 5.03. The molecule has 0 spiro atoms. The molecule has 0 amide bonds. The van der Waals surface area contributed by atoms with Gasteiger partial charge in [0.2, 0.25) is 5.88 Å². The van der Waals surface area contributed by atoms with Gasteiger partial charge in [-0.1, -0.05) is 6.07 Å². The van der Waals surface area contributed by atoms with Gasteiger partial charge in [-0.2, -0.15) is 15.0 Å². The zero-order chi connectivity index (χ0) is 14.5. The van der Waals surface area contributed by atoms with E-state index < -0.39 is 0 Å². The Labute approximate surface area is 122 Å². The minimum Gasteiger partial charge on any atom is -0.481 e. The Morgan fingerprint density at radius 1 is 1.05 bits per heavy atom. The standard InChI is InChI=1S/C15H15N5O/c1-21-15-7-2-12(11-17-15)10-16-13-3-5-14(6-4-13)20-18-8-9-19-20/h2-9,11,16H,10H2,1H3. The van der Waals surface area contributed by atoms with Gasteiger partial charge >= 0.3 is 0 Å². The Balaban J connectivity index is 1.62. The summed E-state index contributed by atoms with van der Waals surface area (Å²) < 4.78 is 5.03. The normalized spacial score (nSPS) is 10.3. The third-order valence-electron chi connectivity index (χ3n) is 3.02. The molecule has 0 fully saturated rings. The summed E-state index contributed by atoms with van der Waals surface area (Å²) in [5, 5.41) is 11.5. The fourth-order valence-electron chi connectivity index (χ4n) is 1.90. The van der Waals surface area contributed by atoms with Crippen molar-refractivity contribution in [2.75, 3.05) is 12.4 Å². The van der Waals surface area contributed by atoms with E-state index in [4.69, 9.17) is 4.74 Å². The molecule has 2 heterocycles. The molecule has 6 nitrogen and oxygen atoms in total. The number of rotatable bonds is 5. The molecule has 2 aromatic heterocycles. The Hall–Kier alpha value is -2.89. The highest BCUT2D eigenvalue weighted by molar-refractivity contribution is 5.48. The molecule has 0 aliphatic rings. The smallest absolute Gasteiger partial charge is 0.212 e. The molecule has 3 rings (SSSR count). The molecule has 21 heavy (non-hydrogen) atoms. The highest BCUT2D eigenvalue weighted by atomic mass is 16.5. The van der Waals surface area contributed by atoms with Crippen molar-refractivity contribution in [3.63, 3.8) is 0 Å². The van der Waals surface area contributed by atoms with E-state index in [2.05, 4.69) is 20.5 Å². The third kappa shape index (κ3) is 3.17. The molecule has 0 saturated carbocycles. The van der Waals surface area contributed by atoms with Crippen LogP contribution in [-0.2, 0) is 6.54 Å². The fraction of sp³-hybridized carbons (Fsp3) is 0.133. The molecule has 1 N–H and O–H groups in total. The molecule has 0 atom stereocenters. The average Bonchev–Trinajstić information content (AvgIpc) is 3.08. The van der Waals surface area contributed by atoms with Crippen LogP contribution in [0.15, 0.2) is 55.0 Å². The van der Waals surface area contributed by atoms with Crippen molar-refractivity contribution < 1.29 is 4.74 Å². The number of methoxy groups -OCH3 is 1. The average molecular weight is 281 g/mol. The van der Waals surface area contributed by atoms with Crippen LogP contribution in [0.3, 0.4) is 0 Å². The second kappa shape index (κ2) is 6.04. The zero-order valence-electron chi connectivity index (χ0n) is 11.6. The highest BCUT2D eigenvalue weighted by Gasteiger charge is 1.99. The maximum atomic E-state index is 5.03. The quantitative estimate of drug-likeness (QED) is 0.777. The second-order valence-electron chi connectivity index (χ2n) is 4.43. The van der Waals surface area contributed by atoms with Crippen molar-refractivity contribution in [1.82, 2.24) is 20.0 Å². The summed E-state index contributed by atoms with van der Waals surface area (Å²) in [6.45, 7) is 0.705. The molecule has 0 saturated heterocycles. The largest absolute Gasteiger partial charge is 0.481 e. The molecule has 106 valence electrons. The summed E-state index contributed by atoms with van der Waals surface area (Å²) in [6, 6.07) is 11.8. The van der Waals surface area contributed by atoms with Crippen LogP contribution in [0.5, 0.6) is 5.88 Å². The molecule has 0 radical (unpaired) electrons. The van der Waals surface area contributed by atoms with Crippen LogP contribution >= 0.6 is 0 Å². The number of benzene rings is 1. The van der Waals surface area contributed by atoms with Gasteiger partial charge in [0.1, 0.15) is 0 Å². The van der Waals surface area contributed by atoms with E-state index in [1.54, 1.807) is 30.5 Å². The summed E-state index contributed by atoms with van der Waals surface area (Å²) in [4.78, 5) is 5.76. The SMILES string of the molecule is COc1ccc(CNc2ccc(-n3nccn3)cc2)cn1. The Bertz CT molecular complexity index is 677. The molecule has 3 aromatic rings. The molecule has 0 aliphatic heterocycles. The van der Waals surface area contributed by atoms with Crippen LogP contribution in [0, 0.1) is 0 Å². The molecule has 0 aliphatic carbocycles. The number of ether oxygens (including phenoxy) is 1. The lowest BCUT2D eigenvalue weighted by atomic mass is 10.2. The number of anilines is 1. The number of hydrogen-bond acceptors (Lipinski definition) is 5. The monoisotopic (exact) mass is 281 g/mol. The first-order valence-corrected chi connectivity index (χ1v) is 6.55. The van der Waals surface area contributed by atoms with Crippen LogP contribution in [0.2, 0.25) is 0 Å². The molecular weight excluding hydrogens is 266 g/mol. The van der Waals surface area contributed by atoms with E-state index in [1.165, 1.54) is 0 Å². The maximum Gasteiger partial charge on any atom is 0.212 e. The third-order valence-corrected chi connectivity index (χ3v) is 3.02. The molecule has 0 unspecified atom stereocenters. The van der Waals surface area contributed by atoms with Gasteiger partial charge in [0.15, 0.2) is 0 Å². The van der Waals surface area contributed by atoms with Gasteiger partial charge in [-0.3, -0.25) is 0 Å². The molecule has 0 bridgehead atoms. The molecule has 6 heteroatoms. The van der Waals surface area contributed by atoms with E-state index in [0.29, 0.717) is 12.4 Å². The summed E-state index contributed by atoms with van der Waals surface area (Å²) in [7, 11) is 1.61. The van der Waals surface area contributed by atoms with Crippen molar-refractivity contribution >= 4 is 5.69 Å². The van der Waals surface area contributed by atoms with E-state index >= 15 is 0 Å². The zero-order valence-corrected chi connectivity index (χ0v) is 11.6. The molecule has 1 aromatic carbocycles. The lowest BCUT2D eigenvalue weighted by molar-refractivity contribution is 0.397. The van der Waals surface area contributed by atoms with Gasteiger partial charge in [-0.25, -0.2) is 4.98 Å². The lowest BCUT2D eigenvalue weighted by Crippen LogP contribution is -2.01. The van der Waals surface area contributed by atoms with Gasteiger partial charge in [-0.15, -0.1) is 0 Å². The van der Waals surface area contributed by atoms with Crippen LogP contribution in [0.1, 0.15) is 5.56 Å². The Kier molecular flexibility index (Phi) is 3.77. The minimum atomic E-state index is 0.620. The number of aromatic nitrogens is 4. The van der Waals surface area contributed by atoms with Crippen LogP contribution in [0.4, 0.5) is 5.69 Å². The van der Waals surface area contributed by atoms with Gasteiger partial charge in [0.05, 0.1) is 25.2 Å². The summed E-state index contributed by atoms with van der Waals surface area (Å²) in [6.07, 6.45) is 5.11. The first kappa shape index (κ1) is 13.1. The topological polar surface area (TPSA) is 64.9 Å². The van der Waals surface area contributed by atoms with Crippen molar-refractivity contribution in [3.05, 3.63) is 60.6 Å². The summed E-state index contributed by atoms with van der Waals surface area (Å²) in [5.41, 5.74) is 3.05. The van der Waals surface area contributed by atoms with E-state index in [-0.39, 0.29) is 0 Å². The van der Waals surface area contributed by atoms with Gasteiger partial charge < -0.3 is 10.1 Å². The Morgan fingerprint density at radius 3 is 2.43 bits per heavy atom. The number of nitrogens with one attached hydrogen (secondary N) is 1. The number of hydrogen-bond donors (Lipinski definition) is 1. The Morgan fingerprint density at radius 2 is 1.81 bits per heavy atom. The first-order valence-electron chi connectivity index (χ1n) is 6.55. The van der Waals surface area contributed by atoms with Crippen molar-refractivity contribution in [2.24, 2.45) is 0 Å². The van der Waals surface area contributed by atoms with Gasteiger partial charge in [0, 0.05) is 24.5 Å². The lowest BCUT2D eigenvalue weighted by Gasteiger charge is -2.07. The number of nitrogens with zero attached hydrogens (tertiary/aromatic N) is 4. The van der Waals surface area contributed by atoms with Crippen molar-refractivity contribution in [3.8, 4) is 11.6 Å². The summed E-state index contributed by atoms with van der Waals surface area (Å²) >= 11 is 0. The van der Waals surface area contributed by atoms with Crippen molar-refractivity contribution in [1.29, 1.82) is 0 Å². The minimum absolute atomic E-state index is 0.620. The highest BCUT2D eigenvalue weighted by Crippen LogP contribution is 2.13. The van der Waals surface area contributed by atoms with E-state index in [9.17, 15) is 0 Å². The van der Waals surface area contributed by atoms with Gasteiger partial charge in [0.25, 0.3) is 0 Å². The first-order chi connectivity index (χ1) is 10.3. The van der Waals surface area contributed by atoms with Crippen LogP contribution in [0.25, 0.3) is 5.69 Å². The number of pyridine rings is 1. The van der Waals surface area contributed by atoms with E-state index in [1.807, 2.05) is 36.4 Å².